The molecule has 0 atom stereocenters. The number of rotatable bonds is 0. The largest absolute Gasteiger partial charge is 0.508 e. The SMILES string of the molecule is Nc1c2c(nc3ccc(O)cc13)CCC2. The summed E-state index contributed by atoms with van der Waals surface area (Å²) in [7, 11) is 0. The average Bonchev–Trinajstić information content (AvgIpc) is 2.68. The van der Waals surface area contributed by atoms with Crippen LogP contribution in [0.1, 0.15) is 17.7 Å². The van der Waals surface area contributed by atoms with Crippen LogP contribution in [-0.2, 0) is 12.8 Å². The average molecular weight is 200 g/mol. The standard InChI is InChI=1S/C12H12N2O/c13-12-8-2-1-3-10(8)14-11-5-4-7(15)6-9(11)12/h4-6,15H,1-3H2,(H2,13,14). The molecule has 1 aromatic carbocycles. The van der Waals surface area contributed by atoms with Crippen LogP contribution in [0.5, 0.6) is 5.75 Å². The summed E-state index contributed by atoms with van der Waals surface area (Å²) >= 11 is 0. The number of nitrogen functional groups attached to an aromatic ring is 1. The van der Waals surface area contributed by atoms with Gasteiger partial charge in [0.05, 0.1) is 5.52 Å². The van der Waals surface area contributed by atoms with Crippen LogP contribution in [0.4, 0.5) is 5.69 Å². The molecule has 0 fully saturated rings. The smallest absolute Gasteiger partial charge is 0.116 e. The van der Waals surface area contributed by atoms with Crippen molar-refractivity contribution in [3.63, 3.8) is 0 Å². The van der Waals surface area contributed by atoms with Crippen LogP contribution in [0.2, 0.25) is 0 Å². The Balaban J connectivity index is 2.41. The Hall–Kier alpha value is -1.77. The van der Waals surface area contributed by atoms with Gasteiger partial charge in [0.15, 0.2) is 0 Å². The quantitative estimate of drug-likeness (QED) is 0.684. The predicted octanol–water partition coefficient (Wildman–Crippen LogP) is 2.01. The summed E-state index contributed by atoms with van der Waals surface area (Å²) in [5.74, 6) is 0.244. The zero-order valence-corrected chi connectivity index (χ0v) is 8.33. The maximum absolute atomic E-state index is 9.42. The van der Waals surface area contributed by atoms with Crippen LogP contribution in [0.25, 0.3) is 10.9 Å². The second-order valence-corrected chi connectivity index (χ2v) is 4.01. The molecule has 1 aliphatic carbocycles. The molecule has 1 aliphatic rings. The van der Waals surface area contributed by atoms with Crippen LogP contribution in [0, 0.1) is 0 Å². The number of anilines is 1. The van der Waals surface area contributed by atoms with Crippen LogP contribution < -0.4 is 5.73 Å². The molecule has 3 rings (SSSR count). The van der Waals surface area contributed by atoms with Crippen molar-refractivity contribution < 1.29 is 5.11 Å². The number of phenolic OH excluding ortho intramolecular Hbond substituents is 1. The van der Waals surface area contributed by atoms with Gasteiger partial charge >= 0.3 is 0 Å². The fraction of sp³-hybridized carbons (Fsp3) is 0.250. The third-order valence-corrected chi connectivity index (χ3v) is 3.04. The number of fused-ring (bicyclic) bond motifs is 2. The number of pyridine rings is 1. The second-order valence-electron chi connectivity index (χ2n) is 4.01. The molecule has 0 radical (unpaired) electrons. The Morgan fingerprint density at radius 2 is 2.13 bits per heavy atom. The fourth-order valence-corrected chi connectivity index (χ4v) is 2.29. The predicted molar refractivity (Wildman–Crippen MR) is 59.8 cm³/mol. The summed E-state index contributed by atoms with van der Waals surface area (Å²) in [6.45, 7) is 0. The van der Waals surface area contributed by atoms with Crippen molar-refractivity contribution in [3.05, 3.63) is 29.5 Å². The van der Waals surface area contributed by atoms with Crippen molar-refractivity contribution in [2.24, 2.45) is 0 Å². The molecule has 1 aromatic heterocycles. The molecule has 3 heteroatoms. The molecule has 0 unspecified atom stereocenters. The number of nitrogens with zero attached hydrogens (tertiary/aromatic N) is 1. The Morgan fingerprint density at radius 1 is 1.27 bits per heavy atom. The van der Waals surface area contributed by atoms with Crippen molar-refractivity contribution in [1.29, 1.82) is 0 Å². The van der Waals surface area contributed by atoms with E-state index in [9.17, 15) is 5.11 Å². The summed E-state index contributed by atoms with van der Waals surface area (Å²) in [5, 5.41) is 10.3. The van der Waals surface area contributed by atoms with Gasteiger partial charge in [-0.25, -0.2) is 0 Å². The van der Waals surface area contributed by atoms with Gasteiger partial charge < -0.3 is 10.8 Å². The molecule has 0 spiro atoms. The molecule has 2 aromatic rings. The highest BCUT2D eigenvalue weighted by Crippen LogP contribution is 2.33. The molecule has 1 heterocycles. The van der Waals surface area contributed by atoms with Crippen LogP contribution >= 0.6 is 0 Å². The van der Waals surface area contributed by atoms with E-state index in [1.54, 1.807) is 12.1 Å². The number of hydrogen-bond donors (Lipinski definition) is 2. The van der Waals surface area contributed by atoms with E-state index in [0.717, 1.165) is 41.5 Å². The molecule has 0 saturated carbocycles. The lowest BCUT2D eigenvalue weighted by atomic mass is 10.1. The maximum Gasteiger partial charge on any atom is 0.116 e. The highest BCUT2D eigenvalue weighted by atomic mass is 16.3. The highest BCUT2D eigenvalue weighted by molar-refractivity contribution is 5.93. The van der Waals surface area contributed by atoms with Crippen molar-refractivity contribution in [1.82, 2.24) is 4.98 Å². The zero-order valence-electron chi connectivity index (χ0n) is 8.33. The Kier molecular flexibility index (Phi) is 1.63. The lowest BCUT2D eigenvalue weighted by Gasteiger charge is -2.08. The first kappa shape index (κ1) is 8.53. The van der Waals surface area contributed by atoms with Gasteiger partial charge in [-0.2, -0.15) is 0 Å². The molecule has 3 N–H and O–H groups in total. The van der Waals surface area contributed by atoms with Gasteiger partial charge in [-0.3, -0.25) is 4.98 Å². The lowest BCUT2D eigenvalue weighted by Crippen LogP contribution is -1.98. The second kappa shape index (κ2) is 2.86. The van der Waals surface area contributed by atoms with E-state index in [1.807, 2.05) is 6.07 Å². The summed E-state index contributed by atoms with van der Waals surface area (Å²) in [6, 6.07) is 5.16. The van der Waals surface area contributed by atoms with E-state index < -0.39 is 0 Å². The van der Waals surface area contributed by atoms with E-state index in [1.165, 1.54) is 5.56 Å². The minimum Gasteiger partial charge on any atom is -0.508 e. The molecule has 0 amide bonds. The first-order valence-electron chi connectivity index (χ1n) is 5.15. The van der Waals surface area contributed by atoms with Crippen molar-refractivity contribution in [2.45, 2.75) is 19.3 Å². The van der Waals surface area contributed by atoms with Gasteiger partial charge in [-0.15, -0.1) is 0 Å². The van der Waals surface area contributed by atoms with Gasteiger partial charge in [-0.05, 0) is 43.0 Å². The number of aryl methyl sites for hydroxylation is 1. The molecule has 0 saturated heterocycles. The number of hydrogen-bond acceptors (Lipinski definition) is 3. The molecule has 0 bridgehead atoms. The first-order valence-corrected chi connectivity index (χ1v) is 5.15. The Labute approximate surface area is 87.6 Å². The van der Waals surface area contributed by atoms with Gasteiger partial charge in [0, 0.05) is 16.8 Å². The normalized spacial score (nSPS) is 14.4. The van der Waals surface area contributed by atoms with Gasteiger partial charge in [-0.1, -0.05) is 0 Å². The third kappa shape index (κ3) is 1.16. The molecule has 15 heavy (non-hydrogen) atoms. The number of phenols is 1. The van der Waals surface area contributed by atoms with Gasteiger partial charge in [0.2, 0.25) is 0 Å². The lowest BCUT2D eigenvalue weighted by molar-refractivity contribution is 0.476. The highest BCUT2D eigenvalue weighted by Gasteiger charge is 2.17. The number of aromatic hydroxyl groups is 1. The molecule has 76 valence electrons. The van der Waals surface area contributed by atoms with E-state index in [2.05, 4.69) is 4.98 Å². The summed E-state index contributed by atoms with van der Waals surface area (Å²) in [5.41, 5.74) is 10.1. The minimum atomic E-state index is 0.244. The van der Waals surface area contributed by atoms with E-state index in [-0.39, 0.29) is 5.75 Å². The first-order chi connectivity index (χ1) is 7.25. The van der Waals surface area contributed by atoms with E-state index in [4.69, 9.17) is 5.73 Å². The topological polar surface area (TPSA) is 59.1 Å². The van der Waals surface area contributed by atoms with E-state index in [0.29, 0.717) is 0 Å². The van der Waals surface area contributed by atoms with Crippen LogP contribution in [-0.4, -0.2) is 10.1 Å². The molecular weight excluding hydrogens is 188 g/mol. The summed E-state index contributed by atoms with van der Waals surface area (Å²) in [4.78, 5) is 4.57. The summed E-state index contributed by atoms with van der Waals surface area (Å²) in [6.07, 6.45) is 3.17. The summed E-state index contributed by atoms with van der Waals surface area (Å²) < 4.78 is 0. The molecule has 0 aliphatic heterocycles. The molecular formula is C12H12N2O. The number of aromatic nitrogens is 1. The number of nitrogens with two attached hydrogens (primary N) is 1. The minimum absolute atomic E-state index is 0.244. The monoisotopic (exact) mass is 200 g/mol. The Bertz CT molecular complexity index is 549. The molecule has 3 nitrogen and oxygen atoms in total. The van der Waals surface area contributed by atoms with E-state index >= 15 is 0 Å². The van der Waals surface area contributed by atoms with Gasteiger partial charge in [0.1, 0.15) is 5.75 Å². The van der Waals surface area contributed by atoms with Crippen LogP contribution in [0.3, 0.4) is 0 Å². The van der Waals surface area contributed by atoms with Crippen molar-refractivity contribution in [2.75, 3.05) is 5.73 Å². The zero-order chi connectivity index (χ0) is 10.4. The number of benzene rings is 1. The van der Waals surface area contributed by atoms with Crippen molar-refractivity contribution in [3.8, 4) is 5.75 Å². The third-order valence-electron chi connectivity index (χ3n) is 3.04. The maximum atomic E-state index is 9.42. The fourth-order valence-electron chi connectivity index (χ4n) is 2.29. The van der Waals surface area contributed by atoms with Crippen LogP contribution in [0.15, 0.2) is 18.2 Å². The van der Waals surface area contributed by atoms with Gasteiger partial charge in [0.25, 0.3) is 0 Å². The van der Waals surface area contributed by atoms with Crippen molar-refractivity contribution >= 4 is 16.6 Å². The Morgan fingerprint density at radius 3 is 3.00 bits per heavy atom.